The van der Waals surface area contributed by atoms with Crippen LogP contribution in [0, 0.1) is 5.92 Å². The van der Waals surface area contributed by atoms with Crippen molar-refractivity contribution in [3.05, 3.63) is 54.2 Å². The zero-order valence-electron chi connectivity index (χ0n) is 14.4. The average molecular weight is 352 g/mol. The number of carbonyl (C=O) groups excluding carboxylic acids is 1. The molecule has 1 aliphatic heterocycles. The third kappa shape index (κ3) is 3.36. The van der Waals surface area contributed by atoms with Crippen molar-refractivity contribution in [3.8, 4) is 11.4 Å². The summed E-state index contributed by atoms with van der Waals surface area (Å²) in [6.45, 7) is 1.63. The number of nitrogens with one attached hydrogen (secondary N) is 2. The summed E-state index contributed by atoms with van der Waals surface area (Å²) in [7, 11) is 1.88. The number of benzene rings is 1. The zero-order valence-corrected chi connectivity index (χ0v) is 14.4. The van der Waals surface area contributed by atoms with E-state index in [2.05, 4.69) is 25.9 Å². The maximum atomic E-state index is 12.6. The van der Waals surface area contributed by atoms with E-state index < -0.39 is 0 Å². The van der Waals surface area contributed by atoms with Crippen molar-refractivity contribution in [2.75, 3.05) is 13.1 Å². The molecule has 0 bridgehead atoms. The third-order valence-electron chi connectivity index (χ3n) is 4.62. The molecule has 1 amide bonds. The molecule has 2 N–H and O–H groups in total. The van der Waals surface area contributed by atoms with E-state index in [4.69, 9.17) is 4.52 Å². The summed E-state index contributed by atoms with van der Waals surface area (Å²) in [5, 5.41) is 14.4. The molecule has 1 fully saturated rings. The van der Waals surface area contributed by atoms with Gasteiger partial charge in [0.1, 0.15) is 0 Å². The lowest BCUT2D eigenvalue weighted by atomic mass is 9.90. The fourth-order valence-corrected chi connectivity index (χ4v) is 3.26. The van der Waals surface area contributed by atoms with Gasteiger partial charge in [0.25, 0.3) is 0 Å². The summed E-state index contributed by atoms with van der Waals surface area (Å²) in [6.07, 6.45) is 3.78. The number of nitrogens with zero attached hydrogens (tertiary/aromatic N) is 4. The first-order chi connectivity index (χ1) is 12.7. The van der Waals surface area contributed by atoms with Gasteiger partial charge in [0.15, 0.2) is 0 Å². The average Bonchev–Trinajstić information content (AvgIpc) is 3.40. The number of aromatic nitrogens is 4. The summed E-state index contributed by atoms with van der Waals surface area (Å²) >= 11 is 0. The number of rotatable bonds is 5. The molecule has 0 aliphatic carbocycles. The summed E-state index contributed by atoms with van der Waals surface area (Å²) in [6, 6.07) is 9.59. The SMILES string of the molecule is Cn1cc([C@H]2CNC[C@@H]2C(=O)NCc2nc(-c3ccccc3)no2)cn1. The van der Waals surface area contributed by atoms with Crippen LogP contribution in [0.5, 0.6) is 0 Å². The van der Waals surface area contributed by atoms with Gasteiger partial charge < -0.3 is 15.2 Å². The van der Waals surface area contributed by atoms with Gasteiger partial charge in [0.05, 0.1) is 18.7 Å². The Hall–Kier alpha value is -3.00. The molecule has 3 heterocycles. The smallest absolute Gasteiger partial charge is 0.246 e. The lowest BCUT2D eigenvalue weighted by molar-refractivity contribution is -0.125. The molecule has 0 saturated carbocycles. The molecule has 8 nitrogen and oxygen atoms in total. The Bertz CT molecular complexity index is 888. The molecule has 3 aromatic rings. The van der Waals surface area contributed by atoms with E-state index in [0.717, 1.165) is 17.7 Å². The molecule has 134 valence electrons. The predicted molar refractivity (Wildman–Crippen MR) is 93.9 cm³/mol. The fraction of sp³-hybridized carbons (Fsp3) is 0.333. The molecule has 1 saturated heterocycles. The van der Waals surface area contributed by atoms with Gasteiger partial charge in [-0.3, -0.25) is 9.48 Å². The Morgan fingerprint density at radius 1 is 1.35 bits per heavy atom. The molecule has 1 aliphatic rings. The lowest BCUT2D eigenvalue weighted by Crippen LogP contribution is -2.34. The van der Waals surface area contributed by atoms with E-state index in [1.807, 2.05) is 49.8 Å². The molecule has 4 rings (SSSR count). The highest BCUT2D eigenvalue weighted by atomic mass is 16.5. The molecule has 0 radical (unpaired) electrons. The van der Waals surface area contributed by atoms with Crippen LogP contribution >= 0.6 is 0 Å². The summed E-state index contributed by atoms with van der Waals surface area (Å²) in [5.41, 5.74) is 1.95. The van der Waals surface area contributed by atoms with Crippen LogP contribution in [0.2, 0.25) is 0 Å². The molecule has 0 spiro atoms. The Morgan fingerprint density at radius 2 is 2.19 bits per heavy atom. The molecule has 2 aromatic heterocycles. The molecule has 0 unspecified atom stereocenters. The minimum atomic E-state index is -0.143. The van der Waals surface area contributed by atoms with E-state index in [9.17, 15) is 4.79 Å². The molecule has 1 aromatic carbocycles. The Morgan fingerprint density at radius 3 is 2.96 bits per heavy atom. The van der Waals surface area contributed by atoms with Crippen LogP contribution in [-0.2, 0) is 18.4 Å². The highest BCUT2D eigenvalue weighted by Gasteiger charge is 2.34. The van der Waals surface area contributed by atoms with Crippen molar-refractivity contribution in [2.24, 2.45) is 13.0 Å². The van der Waals surface area contributed by atoms with Gasteiger partial charge in [0.2, 0.25) is 17.6 Å². The molecule has 2 atom stereocenters. The number of carbonyl (C=O) groups is 1. The largest absolute Gasteiger partial charge is 0.347 e. The summed E-state index contributed by atoms with van der Waals surface area (Å²) in [4.78, 5) is 17.0. The second kappa shape index (κ2) is 7.09. The van der Waals surface area contributed by atoms with Crippen molar-refractivity contribution in [3.63, 3.8) is 0 Å². The van der Waals surface area contributed by atoms with Crippen LogP contribution in [0.1, 0.15) is 17.4 Å². The monoisotopic (exact) mass is 352 g/mol. The molecular formula is C18H20N6O2. The van der Waals surface area contributed by atoms with Crippen LogP contribution in [0.25, 0.3) is 11.4 Å². The number of hydrogen-bond donors (Lipinski definition) is 2. The van der Waals surface area contributed by atoms with Gasteiger partial charge >= 0.3 is 0 Å². The van der Waals surface area contributed by atoms with Gasteiger partial charge in [-0.25, -0.2) is 0 Å². The Labute approximate surface area is 150 Å². The van der Waals surface area contributed by atoms with Crippen molar-refractivity contribution < 1.29 is 9.32 Å². The number of amides is 1. The maximum absolute atomic E-state index is 12.6. The van der Waals surface area contributed by atoms with Gasteiger partial charge in [-0.15, -0.1) is 0 Å². The number of hydrogen-bond acceptors (Lipinski definition) is 6. The van der Waals surface area contributed by atoms with Crippen LogP contribution in [-0.4, -0.2) is 38.9 Å². The molecular weight excluding hydrogens is 332 g/mol. The predicted octanol–water partition coefficient (Wildman–Crippen LogP) is 1.09. The first-order valence-electron chi connectivity index (χ1n) is 8.55. The van der Waals surface area contributed by atoms with Gasteiger partial charge in [-0.05, 0) is 5.56 Å². The Balaban J connectivity index is 1.39. The van der Waals surface area contributed by atoms with E-state index in [1.54, 1.807) is 4.68 Å². The maximum Gasteiger partial charge on any atom is 0.246 e. The van der Waals surface area contributed by atoms with Crippen molar-refractivity contribution in [2.45, 2.75) is 12.5 Å². The quantitative estimate of drug-likeness (QED) is 0.713. The van der Waals surface area contributed by atoms with Crippen LogP contribution in [0.3, 0.4) is 0 Å². The highest BCUT2D eigenvalue weighted by Crippen LogP contribution is 2.28. The number of aryl methyl sites for hydroxylation is 1. The zero-order chi connectivity index (χ0) is 17.9. The minimum Gasteiger partial charge on any atom is -0.347 e. The standard InChI is InChI=1S/C18H20N6O2/c1-24-11-13(7-21-24)14-8-19-9-15(14)18(25)20-10-16-22-17(23-26-16)12-5-3-2-4-6-12/h2-7,11,14-15,19H,8-10H2,1H3,(H,20,25)/t14-,15+/m1/s1. The normalized spacial score (nSPS) is 19.6. The molecule has 8 heteroatoms. The van der Waals surface area contributed by atoms with Gasteiger partial charge in [-0.2, -0.15) is 10.1 Å². The van der Waals surface area contributed by atoms with Crippen LogP contribution in [0.15, 0.2) is 47.2 Å². The lowest BCUT2D eigenvalue weighted by Gasteiger charge is -2.16. The molecule has 26 heavy (non-hydrogen) atoms. The van der Waals surface area contributed by atoms with E-state index in [1.165, 1.54) is 0 Å². The minimum absolute atomic E-state index is 0.0247. The van der Waals surface area contributed by atoms with Crippen LogP contribution in [0.4, 0.5) is 0 Å². The topological polar surface area (TPSA) is 97.9 Å². The van der Waals surface area contributed by atoms with E-state index in [0.29, 0.717) is 18.3 Å². The second-order valence-corrected chi connectivity index (χ2v) is 6.41. The Kier molecular flexibility index (Phi) is 4.49. The summed E-state index contributed by atoms with van der Waals surface area (Å²) in [5.74, 6) is 0.858. The van der Waals surface area contributed by atoms with Crippen LogP contribution < -0.4 is 10.6 Å². The summed E-state index contributed by atoms with van der Waals surface area (Å²) < 4.78 is 7.00. The van der Waals surface area contributed by atoms with Gasteiger partial charge in [-0.1, -0.05) is 35.5 Å². The third-order valence-corrected chi connectivity index (χ3v) is 4.62. The first kappa shape index (κ1) is 16.5. The van der Waals surface area contributed by atoms with E-state index in [-0.39, 0.29) is 24.3 Å². The van der Waals surface area contributed by atoms with E-state index >= 15 is 0 Å². The van der Waals surface area contributed by atoms with Crippen molar-refractivity contribution in [1.82, 2.24) is 30.6 Å². The second-order valence-electron chi connectivity index (χ2n) is 6.41. The first-order valence-corrected chi connectivity index (χ1v) is 8.55. The highest BCUT2D eigenvalue weighted by molar-refractivity contribution is 5.80. The van der Waals surface area contributed by atoms with Gasteiger partial charge in [0, 0.05) is 37.8 Å². The van der Waals surface area contributed by atoms with Crippen molar-refractivity contribution >= 4 is 5.91 Å². The van der Waals surface area contributed by atoms with Crippen molar-refractivity contribution in [1.29, 1.82) is 0 Å². The fourth-order valence-electron chi connectivity index (χ4n) is 3.26.